The van der Waals surface area contributed by atoms with Crippen LogP contribution < -0.4 is 0 Å². The van der Waals surface area contributed by atoms with E-state index in [1.54, 1.807) is 0 Å². The van der Waals surface area contributed by atoms with E-state index in [0.717, 1.165) is 13.0 Å². The zero-order chi connectivity index (χ0) is 8.15. The molecule has 1 atom stereocenters. The second kappa shape index (κ2) is 4.69. The minimum atomic E-state index is -0.166. The summed E-state index contributed by atoms with van der Waals surface area (Å²) in [4.78, 5) is 2.23. The first-order chi connectivity index (χ1) is 4.54. The first-order valence-corrected chi connectivity index (χ1v) is 3.92. The van der Waals surface area contributed by atoms with Gasteiger partial charge in [-0.2, -0.15) is 0 Å². The van der Waals surface area contributed by atoms with E-state index < -0.39 is 0 Å². The number of hydrogen-bond acceptors (Lipinski definition) is 2. The van der Waals surface area contributed by atoms with Crippen LogP contribution in [0.2, 0.25) is 0 Å². The summed E-state index contributed by atoms with van der Waals surface area (Å²) < 4.78 is 0. The van der Waals surface area contributed by atoms with E-state index in [1.165, 1.54) is 0 Å². The molecule has 0 aromatic carbocycles. The molecule has 10 heavy (non-hydrogen) atoms. The largest absolute Gasteiger partial charge is 0.393 e. The van der Waals surface area contributed by atoms with Gasteiger partial charge in [0.05, 0.1) is 6.10 Å². The first kappa shape index (κ1) is 9.92. The molecule has 0 saturated heterocycles. The topological polar surface area (TPSA) is 23.5 Å². The first-order valence-electron chi connectivity index (χ1n) is 3.92. The van der Waals surface area contributed by atoms with Crippen molar-refractivity contribution in [1.29, 1.82) is 0 Å². The van der Waals surface area contributed by atoms with Gasteiger partial charge in [-0.1, -0.05) is 0 Å². The monoisotopic (exact) mass is 145 g/mol. The Morgan fingerprint density at radius 3 is 2.10 bits per heavy atom. The lowest BCUT2D eigenvalue weighted by Crippen LogP contribution is -2.28. The third kappa shape index (κ3) is 4.77. The predicted octanol–water partition coefficient (Wildman–Crippen LogP) is 1.10. The molecule has 0 aromatic heterocycles. The van der Waals surface area contributed by atoms with Crippen molar-refractivity contribution in [2.75, 3.05) is 13.6 Å². The summed E-state index contributed by atoms with van der Waals surface area (Å²) in [5.74, 6) is 0. The van der Waals surface area contributed by atoms with Crippen LogP contribution in [0, 0.1) is 0 Å². The van der Waals surface area contributed by atoms with Crippen LogP contribution in [0.5, 0.6) is 0 Å². The Balaban J connectivity index is 3.30. The summed E-state index contributed by atoms with van der Waals surface area (Å²) in [6, 6.07) is 0.582. The van der Waals surface area contributed by atoms with Gasteiger partial charge in [0.2, 0.25) is 0 Å². The van der Waals surface area contributed by atoms with Gasteiger partial charge in [-0.15, -0.1) is 0 Å². The van der Waals surface area contributed by atoms with E-state index >= 15 is 0 Å². The smallest absolute Gasteiger partial charge is 0.0524 e. The zero-order valence-electron chi connectivity index (χ0n) is 7.46. The molecule has 0 unspecified atom stereocenters. The normalized spacial score (nSPS) is 14.7. The fourth-order valence-corrected chi connectivity index (χ4v) is 0.649. The molecule has 2 nitrogen and oxygen atoms in total. The van der Waals surface area contributed by atoms with E-state index in [2.05, 4.69) is 25.8 Å². The highest BCUT2D eigenvalue weighted by molar-refractivity contribution is 4.58. The minimum Gasteiger partial charge on any atom is -0.393 e. The number of hydrogen-bond donors (Lipinski definition) is 1. The molecule has 0 aromatic rings. The van der Waals surface area contributed by atoms with Crippen LogP contribution in [0.1, 0.15) is 27.2 Å². The molecule has 1 N–H and O–H groups in total. The predicted molar refractivity (Wildman–Crippen MR) is 44.1 cm³/mol. The van der Waals surface area contributed by atoms with Crippen molar-refractivity contribution >= 4 is 0 Å². The number of aliphatic hydroxyl groups excluding tert-OH is 1. The second-order valence-electron chi connectivity index (χ2n) is 3.21. The molecule has 0 fully saturated rings. The van der Waals surface area contributed by atoms with Crippen molar-refractivity contribution in [1.82, 2.24) is 4.90 Å². The maximum atomic E-state index is 8.96. The van der Waals surface area contributed by atoms with Crippen LogP contribution in [0.3, 0.4) is 0 Å². The molecule has 2 heteroatoms. The van der Waals surface area contributed by atoms with Crippen LogP contribution >= 0.6 is 0 Å². The van der Waals surface area contributed by atoms with Crippen LogP contribution in [-0.4, -0.2) is 35.7 Å². The van der Waals surface area contributed by atoms with E-state index in [4.69, 9.17) is 5.11 Å². The highest BCUT2D eigenvalue weighted by Gasteiger charge is 2.03. The summed E-state index contributed by atoms with van der Waals surface area (Å²) in [7, 11) is 2.08. The van der Waals surface area contributed by atoms with Gasteiger partial charge in [0.1, 0.15) is 0 Å². The molecule has 0 amide bonds. The van der Waals surface area contributed by atoms with Crippen LogP contribution in [-0.2, 0) is 0 Å². The van der Waals surface area contributed by atoms with Crippen LogP contribution in [0.25, 0.3) is 0 Å². The second-order valence-corrected chi connectivity index (χ2v) is 3.21. The van der Waals surface area contributed by atoms with Gasteiger partial charge in [0, 0.05) is 12.6 Å². The Kier molecular flexibility index (Phi) is 4.65. The van der Waals surface area contributed by atoms with Crippen molar-refractivity contribution in [3.63, 3.8) is 0 Å². The Labute approximate surface area is 63.8 Å². The molecule has 0 aliphatic heterocycles. The Morgan fingerprint density at radius 1 is 1.30 bits per heavy atom. The molecule has 62 valence electrons. The van der Waals surface area contributed by atoms with Crippen LogP contribution in [0.4, 0.5) is 0 Å². The molecule has 0 spiro atoms. The molecule has 0 saturated carbocycles. The third-order valence-electron chi connectivity index (χ3n) is 1.78. The quantitative estimate of drug-likeness (QED) is 0.640. The van der Waals surface area contributed by atoms with Crippen molar-refractivity contribution in [3.8, 4) is 0 Å². The van der Waals surface area contributed by atoms with Crippen molar-refractivity contribution < 1.29 is 5.11 Å². The van der Waals surface area contributed by atoms with Gasteiger partial charge >= 0.3 is 0 Å². The Hall–Kier alpha value is -0.0800. The third-order valence-corrected chi connectivity index (χ3v) is 1.78. The van der Waals surface area contributed by atoms with Gasteiger partial charge in [-0.3, -0.25) is 0 Å². The maximum absolute atomic E-state index is 8.96. The Bertz CT molecular complexity index is 81.3. The lowest BCUT2D eigenvalue weighted by Gasteiger charge is -2.21. The maximum Gasteiger partial charge on any atom is 0.0524 e. The van der Waals surface area contributed by atoms with E-state index in [9.17, 15) is 0 Å². The molecule has 0 bridgehead atoms. The summed E-state index contributed by atoms with van der Waals surface area (Å²) in [5.41, 5.74) is 0. The fourth-order valence-electron chi connectivity index (χ4n) is 0.649. The zero-order valence-corrected chi connectivity index (χ0v) is 7.46. The molecule has 0 aliphatic carbocycles. The van der Waals surface area contributed by atoms with E-state index in [-0.39, 0.29) is 6.10 Å². The summed E-state index contributed by atoms with van der Waals surface area (Å²) >= 11 is 0. The van der Waals surface area contributed by atoms with Gasteiger partial charge in [0.25, 0.3) is 0 Å². The number of aliphatic hydroxyl groups is 1. The fraction of sp³-hybridized carbons (Fsp3) is 1.00. The van der Waals surface area contributed by atoms with Crippen molar-refractivity contribution in [2.24, 2.45) is 0 Å². The highest BCUT2D eigenvalue weighted by Crippen LogP contribution is 1.97. The highest BCUT2D eigenvalue weighted by atomic mass is 16.3. The standard InChI is InChI=1S/C8H19NO/c1-7(2)9(4)6-5-8(3)10/h7-8,10H,5-6H2,1-4H3/t8-/m0/s1. The minimum absolute atomic E-state index is 0.166. The van der Waals surface area contributed by atoms with Gasteiger partial charge in [-0.25, -0.2) is 0 Å². The van der Waals surface area contributed by atoms with Crippen LogP contribution in [0.15, 0.2) is 0 Å². The molecule has 0 rings (SSSR count). The number of nitrogens with zero attached hydrogens (tertiary/aromatic N) is 1. The molecular formula is C8H19NO. The summed E-state index contributed by atoms with van der Waals surface area (Å²) in [5, 5.41) is 8.96. The SMILES string of the molecule is CC(C)N(C)CC[C@H](C)O. The molecule has 0 aliphatic rings. The molecule has 0 heterocycles. The van der Waals surface area contributed by atoms with Crippen molar-refractivity contribution in [3.05, 3.63) is 0 Å². The lowest BCUT2D eigenvalue weighted by molar-refractivity contribution is 0.155. The number of rotatable bonds is 4. The summed E-state index contributed by atoms with van der Waals surface area (Å²) in [6.45, 7) is 7.12. The van der Waals surface area contributed by atoms with Gasteiger partial charge in [-0.05, 0) is 34.2 Å². The van der Waals surface area contributed by atoms with Gasteiger partial charge < -0.3 is 10.0 Å². The Morgan fingerprint density at radius 2 is 1.80 bits per heavy atom. The van der Waals surface area contributed by atoms with E-state index in [0.29, 0.717) is 6.04 Å². The average molecular weight is 145 g/mol. The van der Waals surface area contributed by atoms with Crippen molar-refractivity contribution in [2.45, 2.75) is 39.3 Å². The molecular weight excluding hydrogens is 126 g/mol. The lowest BCUT2D eigenvalue weighted by atomic mass is 10.2. The van der Waals surface area contributed by atoms with Gasteiger partial charge in [0.15, 0.2) is 0 Å². The average Bonchev–Trinajstić information content (AvgIpc) is 1.82. The summed E-state index contributed by atoms with van der Waals surface area (Å²) in [6.07, 6.45) is 0.704. The van der Waals surface area contributed by atoms with E-state index in [1.807, 2.05) is 6.92 Å². The molecule has 0 radical (unpaired) electrons.